The second-order valence-electron chi connectivity index (χ2n) is 3.76. The van der Waals surface area contributed by atoms with Crippen LogP contribution in [0.25, 0.3) is 0 Å². The third-order valence-corrected chi connectivity index (χ3v) is 2.86. The van der Waals surface area contributed by atoms with Gasteiger partial charge in [-0.05, 0) is 36.6 Å². The Morgan fingerprint density at radius 3 is 2.56 bits per heavy atom. The van der Waals surface area contributed by atoms with Crippen molar-refractivity contribution in [1.29, 1.82) is 5.26 Å². The predicted molar refractivity (Wildman–Crippen MR) is 73.3 cm³/mol. The maximum absolute atomic E-state index is 12.0. The van der Waals surface area contributed by atoms with Gasteiger partial charge in [0.1, 0.15) is 11.6 Å². The summed E-state index contributed by atoms with van der Waals surface area (Å²) in [6.45, 7) is 3.87. The Morgan fingerprint density at radius 1 is 1.39 bits per heavy atom. The van der Waals surface area contributed by atoms with Gasteiger partial charge in [-0.15, -0.1) is 0 Å². The van der Waals surface area contributed by atoms with Crippen LogP contribution < -0.4 is 5.32 Å². The standard InChI is InChI=1S/C14H15ClN2O/c1-3-10(4-2)13(9-16)14(18)17-12-7-5-6-11(15)8-12/h5-8H,3-4H2,1-2H3,(H,17,18). The van der Waals surface area contributed by atoms with E-state index in [1.54, 1.807) is 24.3 Å². The molecule has 18 heavy (non-hydrogen) atoms. The highest BCUT2D eigenvalue weighted by Gasteiger charge is 2.13. The number of nitrogens with one attached hydrogen (secondary N) is 1. The largest absolute Gasteiger partial charge is 0.321 e. The van der Waals surface area contributed by atoms with Gasteiger partial charge in [0.2, 0.25) is 0 Å². The third kappa shape index (κ3) is 3.61. The topological polar surface area (TPSA) is 52.9 Å². The maximum Gasteiger partial charge on any atom is 0.266 e. The zero-order chi connectivity index (χ0) is 13.5. The molecule has 0 bridgehead atoms. The van der Waals surface area contributed by atoms with Gasteiger partial charge in [0.05, 0.1) is 0 Å². The molecule has 0 aliphatic rings. The Labute approximate surface area is 112 Å². The number of halogens is 1. The van der Waals surface area contributed by atoms with Crippen molar-refractivity contribution in [3.8, 4) is 6.07 Å². The zero-order valence-corrected chi connectivity index (χ0v) is 11.2. The van der Waals surface area contributed by atoms with Crippen LogP contribution in [0.5, 0.6) is 0 Å². The van der Waals surface area contributed by atoms with Crippen molar-refractivity contribution in [2.24, 2.45) is 0 Å². The number of nitrogens with zero attached hydrogens (tertiary/aromatic N) is 1. The van der Waals surface area contributed by atoms with Gasteiger partial charge < -0.3 is 5.32 Å². The number of rotatable bonds is 4. The highest BCUT2D eigenvalue weighted by Crippen LogP contribution is 2.18. The number of hydrogen-bond donors (Lipinski definition) is 1. The predicted octanol–water partition coefficient (Wildman–Crippen LogP) is 3.92. The summed E-state index contributed by atoms with van der Waals surface area (Å²) in [5.41, 5.74) is 1.64. The van der Waals surface area contributed by atoms with E-state index in [4.69, 9.17) is 16.9 Å². The van der Waals surface area contributed by atoms with Crippen LogP contribution in [0.15, 0.2) is 35.4 Å². The van der Waals surface area contributed by atoms with Gasteiger partial charge in [0, 0.05) is 10.7 Å². The first-order valence-corrected chi connectivity index (χ1v) is 6.19. The molecule has 0 unspecified atom stereocenters. The average molecular weight is 263 g/mol. The van der Waals surface area contributed by atoms with E-state index in [0.29, 0.717) is 23.6 Å². The number of benzene rings is 1. The summed E-state index contributed by atoms with van der Waals surface area (Å²) in [6.07, 6.45) is 1.39. The SMILES string of the molecule is CCC(CC)=C(C#N)C(=O)Nc1cccc(Cl)c1. The molecule has 0 aliphatic heterocycles. The molecule has 0 radical (unpaired) electrons. The van der Waals surface area contributed by atoms with Gasteiger partial charge in [-0.25, -0.2) is 0 Å². The molecule has 1 N–H and O–H groups in total. The van der Waals surface area contributed by atoms with Crippen LogP contribution in [-0.4, -0.2) is 5.91 Å². The number of nitriles is 1. The molecule has 94 valence electrons. The van der Waals surface area contributed by atoms with E-state index in [2.05, 4.69) is 5.32 Å². The van der Waals surface area contributed by atoms with Gasteiger partial charge in [0.15, 0.2) is 0 Å². The quantitative estimate of drug-likeness (QED) is 0.660. The molecular weight excluding hydrogens is 248 g/mol. The number of amides is 1. The monoisotopic (exact) mass is 262 g/mol. The van der Waals surface area contributed by atoms with E-state index in [9.17, 15) is 4.79 Å². The molecule has 4 heteroatoms. The summed E-state index contributed by atoms with van der Waals surface area (Å²) < 4.78 is 0. The first-order chi connectivity index (χ1) is 8.62. The normalized spacial score (nSPS) is 9.44. The zero-order valence-electron chi connectivity index (χ0n) is 10.5. The van der Waals surface area contributed by atoms with Crippen molar-refractivity contribution in [3.63, 3.8) is 0 Å². The van der Waals surface area contributed by atoms with Gasteiger partial charge in [0.25, 0.3) is 5.91 Å². The number of carbonyl (C=O) groups is 1. The van der Waals surface area contributed by atoms with E-state index < -0.39 is 0 Å². The molecule has 0 spiro atoms. The minimum absolute atomic E-state index is 0.194. The van der Waals surface area contributed by atoms with Crippen LogP contribution in [0.1, 0.15) is 26.7 Å². The molecule has 0 heterocycles. The van der Waals surface area contributed by atoms with Gasteiger partial charge in [-0.3, -0.25) is 4.79 Å². The Kier molecular flexibility index (Phi) is 5.41. The molecule has 3 nitrogen and oxygen atoms in total. The molecule has 1 amide bonds. The summed E-state index contributed by atoms with van der Waals surface area (Å²) >= 11 is 5.83. The van der Waals surface area contributed by atoms with Crippen LogP contribution >= 0.6 is 11.6 Å². The fourth-order valence-electron chi connectivity index (χ4n) is 1.65. The number of hydrogen-bond acceptors (Lipinski definition) is 2. The first kappa shape index (κ1) is 14.3. The maximum atomic E-state index is 12.0. The van der Waals surface area contributed by atoms with Gasteiger partial charge in [-0.2, -0.15) is 5.26 Å². The molecule has 0 saturated carbocycles. The Bertz CT molecular complexity index is 509. The van der Waals surface area contributed by atoms with Crippen molar-refractivity contribution >= 4 is 23.2 Å². The molecular formula is C14H15ClN2O. The van der Waals surface area contributed by atoms with Crippen molar-refractivity contribution < 1.29 is 4.79 Å². The lowest BCUT2D eigenvalue weighted by atomic mass is 10.0. The lowest BCUT2D eigenvalue weighted by Gasteiger charge is -2.08. The lowest BCUT2D eigenvalue weighted by Crippen LogP contribution is -2.15. The minimum Gasteiger partial charge on any atom is -0.321 e. The number of anilines is 1. The Morgan fingerprint density at radius 2 is 2.06 bits per heavy atom. The summed E-state index contributed by atoms with van der Waals surface area (Å²) in [4.78, 5) is 12.0. The molecule has 1 aromatic rings. The molecule has 0 aromatic heterocycles. The average Bonchev–Trinajstić information content (AvgIpc) is 2.35. The van der Waals surface area contributed by atoms with E-state index in [0.717, 1.165) is 5.57 Å². The van der Waals surface area contributed by atoms with Crippen LogP contribution in [-0.2, 0) is 4.79 Å². The van der Waals surface area contributed by atoms with Crippen LogP contribution in [0.2, 0.25) is 5.02 Å². The fourth-order valence-corrected chi connectivity index (χ4v) is 1.84. The van der Waals surface area contributed by atoms with Crippen LogP contribution in [0.3, 0.4) is 0 Å². The highest BCUT2D eigenvalue weighted by molar-refractivity contribution is 6.31. The third-order valence-electron chi connectivity index (χ3n) is 2.63. The summed E-state index contributed by atoms with van der Waals surface area (Å²) in [6, 6.07) is 8.82. The van der Waals surface area contributed by atoms with E-state index in [1.807, 2.05) is 19.9 Å². The second kappa shape index (κ2) is 6.83. The van der Waals surface area contributed by atoms with Crippen molar-refractivity contribution in [2.45, 2.75) is 26.7 Å². The highest BCUT2D eigenvalue weighted by atomic mass is 35.5. The Balaban J connectivity index is 2.95. The van der Waals surface area contributed by atoms with Gasteiger partial charge >= 0.3 is 0 Å². The molecule has 1 rings (SSSR count). The summed E-state index contributed by atoms with van der Waals surface area (Å²) in [7, 11) is 0. The summed E-state index contributed by atoms with van der Waals surface area (Å²) in [5.74, 6) is -0.376. The first-order valence-electron chi connectivity index (χ1n) is 5.81. The van der Waals surface area contributed by atoms with E-state index >= 15 is 0 Å². The van der Waals surface area contributed by atoms with E-state index in [1.165, 1.54) is 0 Å². The summed E-state index contributed by atoms with van der Waals surface area (Å²) in [5, 5.41) is 12.3. The Hall–Kier alpha value is -1.79. The number of allylic oxidation sites excluding steroid dienone is 1. The molecule has 1 aromatic carbocycles. The molecule has 0 aliphatic carbocycles. The lowest BCUT2D eigenvalue weighted by molar-refractivity contribution is -0.112. The van der Waals surface area contributed by atoms with Crippen molar-refractivity contribution in [1.82, 2.24) is 0 Å². The van der Waals surface area contributed by atoms with Crippen molar-refractivity contribution in [2.75, 3.05) is 5.32 Å². The smallest absolute Gasteiger partial charge is 0.266 e. The van der Waals surface area contributed by atoms with Crippen molar-refractivity contribution in [3.05, 3.63) is 40.4 Å². The molecule has 0 fully saturated rings. The van der Waals surface area contributed by atoms with Gasteiger partial charge in [-0.1, -0.05) is 31.5 Å². The van der Waals surface area contributed by atoms with E-state index in [-0.39, 0.29) is 11.5 Å². The number of carbonyl (C=O) groups excluding carboxylic acids is 1. The minimum atomic E-state index is -0.376. The van der Waals surface area contributed by atoms with Crippen LogP contribution in [0.4, 0.5) is 5.69 Å². The molecule has 0 atom stereocenters. The fraction of sp³-hybridized carbons (Fsp3) is 0.286. The molecule has 0 saturated heterocycles. The van der Waals surface area contributed by atoms with Crippen LogP contribution in [0, 0.1) is 11.3 Å². The second-order valence-corrected chi connectivity index (χ2v) is 4.20.